The number of rotatable bonds is 7. The molecule has 0 spiro atoms. The van der Waals surface area contributed by atoms with Gasteiger partial charge in [-0.2, -0.15) is 0 Å². The van der Waals surface area contributed by atoms with Gasteiger partial charge < -0.3 is 15.4 Å². The SMILES string of the molecule is COc1ccccc1CCNC(=O)c1cc(C)nc(Nc2cccc(C)c2)n1. The van der Waals surface area contributed by atoms with Crippen LogP contribution in [0.5, 0.6) is 5.75 Å². The molecule has 0 aliphatic carbocycles. The number of methoxy groups -OCH3 is 1. The summed E-state index contributed by atoms with van der Waals surface area (Å²) >= 11 is 0. The van der Waals surface area contributed by atoms with Crippen LogP contribution >= 0.6 is 0 Å². The normalized spacial score (nSPS) is 10.4. The number of nitrogens with zero attached hydrogens (tertiary/aromatic N) is 2. The molecule has 6 nitrogen and oxygen atoms in total. The molecule has 0 aliphatic heterocycles. The standard InChI is InChI=1S/C22H24N4O2/c1-15-7-6-9-18(13-15)25-22-24-16(2)14-19(26-22)21(27)23-12-11-17-8-4-5-10-20(17)28-3/h4-10,13-14H,11-12H2,1-3H3,(H,23,27)(H,24,25,26). The van der Waals surface area contributed by atoms with E-state index in [1.165, 1.54) is 0 Å². The zero-order valence-corrected chi connectivity index (χ0v) is 16.3. The molecule has 0 fully saturated rings. The average Bonchev–Trinajstić information content (AvgIpc) is 2.68. The molecule has 1 aromatic heterocycles. The number of anilines is 2. The maximum atomic E-state index is 12.5. The number of amides is 1. The molecule has 0 saturated carbocycles. The maximum absolute atomic E-state index is 12.5. The summed E-state index contributed by atoms with van der Waals surface area (Å²) in [4.78, 5) is 21.3. The predicted octanol–water partition coefficient (Wildman–Crippen LogP) is 3.82. The summed E-state index contributed by atoms with van der Waals surface area (Å²) < 4.78 is 5.34. The first-order valence-corrected chi connectivity index (χ1v) is 9.14. The van der Waals surface area contributed by atoms with Crippen molar-refractivity contribution in [3.8, 4) is 5.75 Å². The highest BCUT2D eigenvalue weighted by Crippen LogP contribution is 2.18. The van der Waals surface area contributed by atoms with Crippen molar-refractivity contribution < 1.29 is 9.53 Å². The van der Waals surface area contributed by atoms with Gasteiger partial charge in [0.1, 0.15) is 11.4 Å². The molecule has 28 heavy (non-hydrogen) atoms. The molecule has 0 bridgehead atoms. The fourth-order valence-corrected chi connectivity index (χ4v) is 2.90. The number of benzene rings is 2. The van der Waals surface area contributed by atoms with Gasteiger partial charge in [-0.1, -0.05) is 30.3 Å². The fourth-order valence-electron chi connectivity index (χ4n) is 2.90. The summed E-state index contributed by atoms with van der Waals surface area (Å²) in [5.74, 6) is 0.993. The van der Waals surface area contributed by atoms with Gasteiger partial charge in [-0.3, -0.25) is 4.79 Å². The highest BCUT2D eigenvalue weighted by molar-refractivity contribution is 5.92. The van der Waals surface area contributed by atoms with Crippen LogP contribution in [0.4, 0.5) is 11.6 Å². The van der Waals surface area contributed by atoms with Gasteiger partial charge >= 0.3 is 0 Å². The first-order chi connectivity index (χ1) is 13.5. The lowest BCUT2D eigenvalue weighted by Gasteiger charge is -2.10. The Morgan fingerprint density at radius 1 is 1.04 bits per heavy atom. The molecule has 1 amide bonds. The van der Waals surface area contributed by atoms with Gasteiger partial charge in [-0.05, 0) is 55.7 Å². The molecule has 144 valence electrons. The van der Waals surface area contributed by atoms with Gasteiger partial charge in [0.15, 0.2) is 0 Å². The third-order valence-corrected chi connectivity index (χ3v) is 4.23. The van der Waals surface area contributed by atoms with E-state index in [0.717, 1.165) is 28.3 Å². The van der Waals surface area contributed by atoms with Crippen molar-refractivity contribution in [3.63, 3.8) is 0 Å². The first kappa shape index (κ1) is 19.4. The summed E-state index contributed by atoms with van der Waals surface area (Å²) in [5, 5.41) is 6.07. The summed E-state index contributed by atoms with van der Waals surface area (Å²) in [6.45, 7) is 4.35. The fraction of sp³-hybridized carbons (Fsp3) is 0.227. The second-order valence-corrected chi connectivity index (χ2v) is 6.53. The van der Waals surface area contributed by atoms with E-state index < -0.39 is 0 Å². The number of ether oxygens (including phenoxy) is 1. The van der Waals surface area contributed by atoms with Crippen molar-refractivity contribution in [1.82, 2.24) is 15.3 Å². The monoisotopic (exact) mass is 376 g/mol. The minimum Gasteiger partial charge on any atom is -0.496 e. The van der Waals surface area contributed by atoms with Crippen LogP contribution in [-0.2, 0) is 6.42 Å². The van der Waals surface area contributed by atoms with Crippen LogP contribution in [0.25, 0.3) is 0 Å². The molecule has 2 aromatic carbocycles. The molecule has 0 unspecified atom stereocenters. The maximum Gasteiger partial charge on any atom is 0.270 e. The van der Waals surface area contributed by atoms with Gasteiger partial charge in [0.25, 0.3) is 5.91 Å². The van der Waals surface area contributed by atoms with E-state index in [1.807, 2.05) is 62.4 Å². The number of para-hydroxylation sites is 1. The Labute approximate surface area is 165 Å². The van der Waals surface area contributed by atoms with Gasteiger partial charge in [0.05, 0.1) is 7.11 Å². The van der Waals surface area contributed by atoms with Crippen LogP contribution in [0.3, 0.4) is 0 Å². The van der Waals surface area contributed by atoms with Gasteiger partial charge in [0.2, 0.25) is 5.95 Å². The van der Waals surface area contributed by atoms with Crippen LogP contribution in [0, 0.1) is 13.8 Å². The molecule has 3 aromatic rings. The molecule has 2 N–H and O–H groups in total. The van der Waals surface area contributed by atoms with Crippen LogP contribution < -0.4 is 15.4 Å². The number of carbonyl (C=O) groups excluding carboxylic acids is 1. The Kier molecular flexibility index (Phi) is 6.22. The van der Waals surface area contributed by atoms with Crippen molar-refractivity contribution in [2.24, 2.45) is 0 Å². The van der Waals surface area contributed by atoms with E-state index in [2.05, 4.69) is 20.6 Å². The highest BCUT2D eigenvalue weighted by atomic mass is 16.5. The summed E-state index contributed by atoms with van der Waals surface area (Å²) in [6, 6.07) is 17.4. The smallest absolute Gasteiger partial charge is 0.270 e. The number of aromatic nitrogens is 2. The highest BCUT2D eigenvalue weighted by Gasteiger charge is 2.11. The lowest BCUT2D eigenvalue weighted by atomic mass is 10.1. The summed E-state index contributed by atoms with van der Waals surface area (Å²) in [5.41, 5.74) is 4.12. The Balaban J connectivity index is 1.65. The second-order valence-electron chi connectivity index (χ2n) is 6.53. The zero-order chi connectivity index (χ0) is 19.9. The van der Waals surface area contributed by atoms with Crippen LogP contribution in [0.15, 0.2) is 54.6 Å². The molecule has 1 heterocycles. The Bertz CT molecular complexity index is 972. The van der Waals surface area contributed by atoms with E-state index in [9.17, 15) is 4.79 Å². The lowest BCUT2D eigenvalue weighted by Crippen LogP contribution is -2.27. The number of aryl methyl sites for hydroxylation is 2. The Hall–Kier alpha value is -3.41. The van der Waals surface area contributed by atoms with E-state index >= 15 is 0 Å². The number of hydrogen-bond acceptors (Lipinski definition) is 5. The van der Waals surface area contributed by atoms with Gasteiger partial charge in [0, 0.05) is 17.9 Å². The quantitative estimate of drug-likeness (QED) is 0.656. The van der Waals surface area contributed by atoms with E-state index in [4.69, 9.17) is 4.74 Å². The van der Waals surface area contributed by atoms with Crippen molar-refractivity contribution in [3.05, 3.63) is 77.1 Å². The molecule has 0 aliphatic rings. The van der Waals surface area contributed by atoms with Crippen molar-refractivity contribution in [1.29, 1.82) is 0 Å². The van der Waals surface area contributed by atoms with Crippen LogP contribution in [0.2, 0.25) is 0 Å². The molecular formula is C22H24N4O2. The van der Waals surface area contributed by atoms with E-state index in [1.54, 1.807) is 13.2 Å². The second kappa shape index (κ2) is 8.99. The molecule has 0 saturated heterocycles. The third kappa shape index (κ3) is 5.07. The van der Waals surface area contributed by atoms with Gasteiger partial charge in [-0.25, -0.2) is 9.97 Å². The summed E-state index contributed by atoms with van der Waals surface area (Å²) in [6.07, 6.45) is 0.675. The minimum atomic E-state index is -0.229. The third-order valence-electron chi connectivity index (χ3n) is 4.23. The lowest BCUT2D eigenvalue weighted by molar-refractivity contribution is 0.0949. The first-order valence-electron chi connectivity index (χ1n) is 9.14. The Morgan fingerprint density at radius 2 is 1.86 bits per heavy atom. The predicted molar refractivity (Wildman–Crippen MR) is 110 cm³/mol. The Morgan fingerprint density at radius 3 is 2.64 bits per heavy atom. The number of nitrogens with one attached hydrogen (secondary N) is 2. The van der Waals surface area contributed by atoms with Crippen LogP contribution in [0.1, 0.15) is 27.3 Å². The van der Waals surface area contributed by atoms with Crippen molar-refractivity contribution >= 4 is 17.5 Å². The van der Waals surface area contributed by atoms with E-state index in [0.29, 0.717) is 24.6 Å². The largest absolute Gasteiger partial charge is 0.496 e. The average molecular weight is 376 g/mol. The summed E-state index contributed by atoms with van der Waals surface area (Å²) in [7, 11) is 1.64. The molecule has 3 rings (SSSR count). The van der Waals surface area contributed by atoms with Gasteiger partial charge in [-0.15, -0.1) is 0 Å². The van der Waals surface area contributed by atoms with Crippen LogP contribution in [-0.4, -0.2) is 29.5 Å². The number of carbonyl (C=O) groups is 1. The topological polar surface area (TPSA) is 76.1 Å². The van der Waals surface area contributed by atoms with E-state index in [-0.39, 0.29) is 5.91 Å². The molecule has 6 heteroatoms. The molecule has 0 atom stereocenters. The minimum absolute atomic E-state index is 0.229. The van der Waals surface area contributed by atoms with Crippen molar-refractivity contribution in [2.75, 3.05) is 19.0 Å². The van der Waals surface area contributed by atoms with Crippen molar-refractivity contribution in [2.45, 2.75) is 20.3 Å². The zero-order valence-electron chi connectivity index (χ0n) is 16.3. The molecular weight excluding hydrogens is 352 g/mol. The number of hydrogen-bond donors (Lipinski definition) is 2. The molecule has 0 radical (unpaired) electrons.